The fourth-order valence-electron chi connectivity index (χ4n) is 3.30. The van der Waals surface area contributed by atoms with Gasteiger partial charge in [0.1, 0.15) is 5.82 Å². The van der Waals surface area contributed by atoms with Gasteiger partial charge in [0.25, 0.3) is 0 Å². The lowest BCUT2D eigenvalue weighted by Crippen LogP contribution is -3.11. The molecular weight excluding hydrogens is 382 g/mol. The molecule has 1 amide bonds. The molecule has 2 N–H and O–H groups in total. The molecule has 2 aromatic rings. The Balaban J connectivity index is 1.76. The summed E-state index contributed by atoms with van der Waals surface area (Å²) in [6.07, 6.45) is 2.86. The predicted molar refractivity (Wildman–Crippen MR) is 121 cm³/mol. The van der Waals surface area contributed by atoms with Gasteiger partial charge in [0.05, 0.1) is 26.2 Å². The minimum atomic E-state index is 0.0328. The number of aryl methyl sites for hydroxylation is 1. The van der Waals surface area contributed by atoms with Crippen LogP contribution in [0.5, 0.6) is 0 Å². The molecule has 2 rings (SSSR count). The second-order valence-corrected chi connectivity index (χ2v) is 8.56. The number of nitrogens with zero attached hydrogens (tertiary/aromatic N) is 3. The Hall–Kier alpha value is -1.99. The molecule has 0 saturated carbocycles. The molecule has 0 saturated heterocycles. The van der Waals surface area contributed by atoms with Crippen molar-refractivity contribution < 1.29 is 9.69 Å². The van der Waals surface area contributed by atoms with Gasteiger partial charge >= 0.3 is 0 Å². The summed E-state index contributed by atoms with van der Waals surface area (Å²) in [6, 6.07) is 8.61. The molecule has 0 aliphatic heterocycles. The van der Waals surface area contributed by atoms with E-state index in [1.165, 1.54) is 29.2 Å². The zero-order valence-electron chi connectivity index (χ0n) is 18.5. The van der Waals surface area contributed by atoms with Crippen LogP contribution in [0.25, 0.3) is 0 Å². The maximum absolute atomic E-state index is 12.4. The molecule has 29 heavy (non-hydrogen) atoms. The zero-order valence-corrected chi connectivity index (χ0v) is 19.3. The average Bonchev–Trinajstić information content (AvgIpc) is 3.15. The van der Waals surface area contributed by atoms with Gasteiger partial charge in [-0.3, -0.25) is 4.79 Å². The highest BCUT2D eigenvalue weighted by molar-refractivity contribution is 7.09. The highest BCUT2D eigenvalue weighted by Crippen LogP contribution is 2.17. The second kappa shape index (κ2) is 11.9. The van der Waals surface area contributed by atoms with Crippen molar-refractivity contribution in [1.29, 1.82) is 0 Å². The lowest BCUT2D eigenvalue weighted by atomic mass is 10.1. The molecule has 0 bridgehead atoms. The molecule has 1 aromatic heterocycles. The van der Waals surface area contributed by atoms with Crippen molar-refractivity contribution >= 4 is 22.6 Å². The van der Waals surface area contributed by atoms with Gasteiger partial charge in [0.2, 0.25) is 11.0 Å². The van der Waals surface area contributed by atoms with Crippen molar-refractivity contribution in [3.8, 4) is 0 Å². The normalized spacial score (nSPS) is 12.2. The highest BCUT2D eigenvalue weighted by atomic mass is 32.1. The number of nitrogens with one attached hydrogen (secondary N) is 2. The van der Waals surface area contributed by atoms with Crippen LogP contribution in [-0.2, 0) is 11.2 Å². The number of hydrogen-bond donors (Lipinski definition) is 2. The minimum absolute atomic E-state index is 0.0328. The van der Waals surface area contributed by atoms with E-state index in [0.717, 1.165) is 36.9 Å². The molecule has 7 heteroatoms. The van der Waals surface area contributed by atoms with Crippen molar-refractivity contribution in [2.75, 3.05) is 38.1 Å². The monoisotopic (exact) mass is 418 g/mol. The summed E-state index contributed by atoms with van der Waals surface area (Å²) in [5, 5.41) is 3.89. The number of quaternary nitrogens is 1. The molecule has 160 valence electrons. The molecule has 0 aliphatic carbocycles. The van der Waals surface area contributed by atoms with Crippen molar-refractivity contribution in [2.45, 2.75) is 53.0 Å². The summed E-state index contributed by atoms with van der Waals surface area (Å²) in [4.78, 5) is 20.5. The van der Waals surface area contributed by atoms with E-state index < -0.39 is 0 Å². The number of benzene rings is 1. The summed E-state index contributed by atoms with van der Waals surface area (Å²) in [5.41, 5.74) is 2.44. The third kappa shape index (κ3) is 8.11. The smallest absolute Gasteiger partial charge is 0.239 e. The topological polar surface area (TPSA) is 62.6 Å². The van der Waals surface area contributed by atoms with Crippen molar-refractivity contribution in [1.82, 2.24) is 14.7 Å². The molecule has 0 radical (unpaired) electrons. The van der Waals surface area contributed by atoms with E-state index in [0.29, 0.717) is 13.0 Å². The maximum Gasteiger partial charge on any atom is 0.239 e. The summed E-state index contributed by atoms with van der Waals surface area (Å²) in [7, 11) is 1.89. The first kappa shape index (κ1) is 23.3. The molecule has 0 aliphatic rings. The largest absolute Gasteiger partial charge is 0.352 e. The number of amides is 1. The number of likely N-dealkylation sites (N-methyl/N-ethyl adjacent to an activating group) is 1. The molecule has 1 heterocycles. The number of rotatable bonds is 12. The van der Waals surface area contributed by atoms with E-state index in [4.69, 9.17) is 0 Å². The average molecular weight is 419 g/mol. The Morgan fingerprint density at radius 2 is 1.93 bits per heavy atom. The quantitative estimate of drug-likeness (QED) is 0.554. The van der Waals surface area contributed by atoms with E-state index in [9.17, 15) is 4.79 Å². The fourth-order valence-corrected chi connectivity index (χ4v) is 3.94. The van der Waals surface area contributed by atoms with E-state index in [1.807, 2.05) is 11.9 Å². The first-order valence-electron chi connectivity index (χ1n) is 10.6. The van der Waals surface area contributed by atoms with E-state index in [-0.39, 0.29) is 11.9 Å². The fraction of sp³-hybridized carbons (Fsp3) is 0.591. The predicted octanol–water partition coefficient (Wildman–Crippen LogP) is 2.08. The van der Waals surface area contributed by atoms with E-state index in [2.05, 4.69) is 66.6 Å². The van der Waals surface area contributed by atoms with Crippen LogP contribution in [0.4, 0.5) is 5.13 Å². The number of hydrogen-bond acceptors (Lipinski definition) is 5. The van der Waals surface area contributed by atoms with E-state index in [1.54, 1.807) is 4.90 Å². The van der Waals surface area contributed by atoms with Crippen LogP contribution in [0.15, 0.2) is 24.3 Å². The standard InChI is InChI=1S/C22H35N5OS/c1-6-27(7-2)14-8-9-18(4)23-21(28)16-26(5)22-24-20(25-29-22)15-19-12-10-17(3)11-13-19/h10-13,18H,6-9,14-16H2,1-5H3,(H,23,28)/p+1/t18-/m0/s1. The van der Waals surface area contributed by atoms with Gasteiger partial charge in [-0.15, -0.1) is 0 Å². The number of carbonyl (C=O) groups is 1. The first-order valence-corrected chi connectivity index (χ1v) is 11.4. The number of aromatic nitrogens is 2. The Labute approximate surface area is 179 Å². The Kier molecular flexibility index (Phi) is 9.54. The van der Waals surface area contributed by atoms with Gasteiger partial charge < -0.3 is 15.1 Å². The molecule has 6 nitrogen and oxygen atoms in total. The molecule has 0 fully saturated rings. The van der Waals surface area contributed by atoms with Gasteiger partial charge in [-0.2, -0.15) is 4.37 Å². The lowest BCUT2D eigenvalue weighted by Gasteiger charge is -2.19. The van der Waals surface area contributed by atoms with Gasteiger partial charge in [0.15, 0.2) is 0 Å². The van der Waals surface area contributed by atoms with Crippen LogP contribution in [0.2, 0.25) is 0 Å². The summed E-state index contributed by atoms with van der Waals surface area (Å²) >= 11 is 1.35. The third-order valence-corrected chi connectivity index (χ3v) is 6.09. The Morgan fingerprint density at radius 3 is 2.59 bits per heavy atom. The molecule has 1 atom stereocenters. The zero-order chi connectivity index (χ0) is 21.2. The first-order chi connectivity index (χ1) is 13.9. The van der Waals surface area contributed by atoms with Crippen LogP contribution in [0.3, 0.4) is 0 Å². The summed E-state index contributed by atoms with van der Waals surface area (Å²) < 4.78 is 4.45. The third-order valence-electron chi connectivity index (χ3n) is 5.22. The lowest BCUT2D eigenvalue weighted by molar-refractivity contribution is -0.896. The van der Waals surface area contributed by atoms with Crippen LogP contribution in [0, 0.1) is 6.92 Å². The molecular formula is C22H36N5OS+. The Bertz CT molecular complexity index is 742. The maximum atomic E-state index is 12.4. The van der Waals surface area contributed by atoms with Crippen molar-refractivity contribution in [3.63, 3.8) is 0 Å². The molecule has 0 unspecified atom stereocenters. The van der Waals surface area contributed by atoms with Gasteiger partial charge in [-0.25, -0.2) is 4.98 Å². The van der Waals surface area contributed by atoms with Crippen LogP contribution in [-0.4, -0.2) is 54.5 Å². The number of carbonyl (C=O) groups excluding carboxylic acids is 1. The van der Waals surface area contributed by atoms with Crippen LogP contribution >= 0.6 is 11.5 Å². The summed E-state index contributed by atoms with van der Waals surface area (Å²) in [6.45, 7) is 12.4. The SMILES string of the molecule is CC[NH+](CC)CCC[C@H](C)NC(=O)CN(C)c1nc(Cc2ccc(C)cc2)ns1. The van der Waals surface area contributed by atoms with Gasteiger partial charge in [0, 0.05) is 31.0 Å². The van der Waals surface area contributed by atoms with Crippen molar-refractivity contribution in [2.24, 2.45) is 0 Å². The van der Waals surface area contributed by atoms with Crippen molar-refractivity contribution in [3.05, 3.63) is 41.2 Å². The number of anilines is 1. The molecule has 0 spiro atoms. The van der Waals surface area contributed by atoms with E-state index >= 15 is 0 Å². The Morgan fingerprint density at radius 1 is 1.24 bits per heavy atom. The van der Waals surface area contributed by atoms with Gasteiger partial charge in [-0.05, 0) is 46.1 Å². The van der Waals surface area contributed by atoms with Gasteiger partial charge in [-0.1, -0.05) is 29.8 Å². The molecule has 1 aromatic carbocycles. The van der Waals surface area contributed by atoms with Crippen LogP contribution in [0.1, 0.15) is 50.6 Å². The summed E-state index contributed by atoms with van der Waals surface area (Å²) in [5.74, 6) is 0.832. The second-order valence-electron chi connectivity index (χ2n) is 7.83. The highest BCUT2D eigenvalue weighted by Gasteiger charge is 2.15. The minimum Gasteiger partial charge on any atom is -0.352 e. The van der Waals surface area contributed by atoms with Crippen LogP contribution < -0.4 is 15.1 Å².